The lowest BCUT2D eigenvalue weighted by molar-refractivity contribution is 0.245. The van der Waals surface area contributed by atoms with E-state index in [0.717, 1.165) is 16.5 Å². The monoisotopic (exact) mass is 211 g/mol. The Morgan fingerprint density at radius 1 is 1.06 bits per heavy atom. The molecular formula is C14H13NO. The molecule has 0 N–H and O–H groups in total. The summed E-state index contributed by atoms with van der Waals surface area (Å²) in [7, 11) is 0. The van der Waals surface area contributed by atoms with Gasteiger partial charge in [0.2, 0.25) is 0 Å². The van der Waals surface area contributed by atoms with Gasteiger partial charge in [-0.2, -0.15) is 5.26 Å². The fourth-order valence-electron chi connectivity index (χ4n) is 1.73. The largest absolute Gasteiger partial charge is 0.490 e. The number of hydrogen-bond acceptors (Lipinski definition) is 2. The normalized spacial score (nSPS) is 10.4. The zero-order valence-corrected chi connectivity index (χ0v) is 9.40. The molecule has 0 amide bonds. The van der Waals surface area contributed by atoms with Crippen molar-refractivity contribution >= 4 is 10.8 Å². The molecule has 16 heavy (non-hydrogen) atoms. The van der Waals surface area contributed by atoms with Crippen LogP contribution >= 0.6 is 0 Å². The first kappa shape index (κ1) is 10.5. The Bertz CT molecular complexity index is 552. The third-order valence-corrected chi connectivity index (χ3v) is 2.37. The molecule has 0 heterocycles. The number of fused-ring (bicyclic) bond motifs is 1. The Morgan fingerprint density at radius 3 is 2.38 bits per heavy atom. The van der Waals surface area contributed by atoms with Gasteiger partial charge in [0.1, 0.15) is 5.75 Å². The molecule has 0 atom stereocenters. The van der Waals surface area contributed by atoms with E-state index in [-0.39, 0.29) is 6.10 Å². The summed E-state index contributed by atoms with van der Waals surface area (Å²) in [6, 6.07) is 13.7. The van der Waals surface area contributed by atoms with Crippen LogP contribution < -0.4 is 4.74 Å². The van der Waals surface area contributed by atoms with Gasteiger partial charge in [-0.15, -0.1) is 0 Å². The number of benzene rings is 2. The van der Waals surface area contributed by atoms with E-state index in [1.54, 1.807) is 6.07 Å². The van der Waals surface area contributed by atoms with Crippen LogP contribution in [0.1, 0.15) is 19.4 Å². The number of nitriles is 1. The van der Waals surface area contributed by atoms with E-state index in [0.29, 0.717) is 5.56 Å². The maximum Gasteiger partial charge on any atom is 0.127 e. The minimum atomic E-state index is 0.136. The molecule has 2 rings (SSSR count). The van der Waals surface area contributed by atoms with Gasteiger partial charge >= 0.3 is 0 Å². The highest BCUT2D eigenvalue weighted by Crippen LogP contribution is 2.28. The number of hydrogen-bond donors (Lipinski definition) is 0. The quantitative estimate of drug-likeness (QED) is 0.761. The van der Waals surface area contributed by atoms with Crippen LogP contribution in [0.2, 0.25) is 0 Å². The molecule has 0 spiro atoms. The van der Waals surface area contributed by atoms with Crippen molar-refractivity contribution in [2.45, 2.75) is 20.0 Å². The Hall–Kier alpha value is -2.01. The Balaban J connectivity index is 2.66. The molecule has 0 saturated carbocycles. The topological polar surface area (TPSA) is 33.0 Å². The fourth-order valence-corrected chi connectivity index (χ4v) is 1.73. The van der Waals surface area contributed by atoms with Gasteiger partial charge in [-0.25, -0.2) is 0 Å². The SMILES string of the molecule is CC(C)Oc1ccc(C#N)c2ccccc12. The molecule has 80 valence electrons. The van der Waals surface area contributed by atoms with Gasteiger partial charge in [0.25, 0.3) is 0 Å². The molecule has 0 saturated heterocycles. The summed E-state index contributed by atoms with van der Waals surface area (Å²) in [4.78, 5) is 0. The van der Waals surface area contributed by atoms with Crippen molar-refractivity contribution in [3.05, 3.63) is 42.0 Å². The van der Waals surface area contributed by atoms with Crippen LogP contribution in [0.4, 0.5) is 0 Å². The van der Waals surface area contributed by atoms with E-state index in [1.165, 1.54) is 0 Å². The lowest BCUT2D eigenvalue weighted by atomic mass is 10.0. The molecule has 0 radical (unpaired) electrons. The van der Waals surface area contributed by atoms with Gasteiger partial charge in [0, 0.05) is 10.8 Å². The summed E-state index contributed by atoms with van der Waals surface area (Å²) >= 11 is 0. The Kier molecular flexibility index (Phi) is 2.78. The minimum Gasteiger partial charge on any atom is -0.490 e. The average molecular weight is 211 g/mol. The molecule has 0 aromatic heterocycles. The van der Waals surface area contributed by atoms with Crippen LogP contribution in [-0.2, 0) is 0 Å². The van der Waals surface area contributed by atoms with E-state index in [1.807, 2.05) is 44.2 Å². The van der Waals surface area contributed by atoms with Crippen LogP contribution in [-0.4, -0.2) is 6.10 Å². The summed E-state index contributed by atoms with van der Waals surface area (Å²) in [6.07, 6.45) is 0.136. The van der Waals surface area contributed by atoms with E-state index in [2.05, 4.69) is 6.07 Å². The molecule has 0 fully saturated rings. The number of nitrogens with zero attached hydrogens (tertiary/aromatic N) is 1. The average Bonchev–Trinajstić information content (AvgIpc) is 2.29. The molecule has 2 heteroatoms. The van der Waals surface area contributed by atoms with Gasteiger partial charge in [0.15, 0.2) is 0 Å². The lowest BCUT2D eigenvalue weighted by Crippen LogP contribution is -2.05. The Morgan fingerprint density at radius 2 is 1.75 bits per heavy atom. The summed E-state index contributed by atoms with van der Waals surface area (Å²) in [5.74, 6) is 0.838. The van der Waals surface area contributed by atoms with Crippen molar-refractivity contribution in [1.82, 2.24) is 0 Å². The first-order valence-electron chi connectivity index (χ1n) is 5.31. The van der Waals surface area contributed by atoms with E-state index >= 15 is 0 Å². The minimum absolute atomic E-state index is 0.136. The van der Waals surface area contributed by atoms with E-state index in [4.69, 9.17) is 10.00 Å². The van der Waals surface area contributed by atoms with Crippen molar-refractivity contribution in [3.63, 3.8) is 0 Å². The van der Waals surface area contributed by atoms with Crippen LogP contribution in [0.15, 0.2) is 36.4 Å². The zero-order valence-electron chi connectivity index (χ0n) is 9.40. The van der Waals surface area contributed by atoms with Crippen molar-refractivity contribution < 1.29 is 4.74 Å². The summed E-state index contributed by atoms with van der Waals surface area (Å²) in [5.41, 5.74) is 0.687. The standard InChI is InChI=1S/C14H13NO/c1-10(2)16-14-8-7-11(9-15)12-5-3-4-6-13(12)14/h3-8,10H,1-2H3. The highest BCUT2D eigenvalue weighted by molar-refractivity contribution is 5.92. The maximum absolute atomic E-state index is 9.02. The van der Waals surface area contributed by atoms with Gasteiger partial charge in [-0.1, -0.05) is 24.3 Å². The van der Waals surface area contributed by atoms with Crippen LogP contribution in [0, 0.1) is 11.3 Å². The molecule has 0 aliphatic heterocycles. The van der Waals surface area contributed by atoms with Crippen molar-refractivity contribution in [3.8, 4) is 11.8 Å². The van der Waals surface area contributed by atoms with Crippen molar-refractivity contribution in [2.75, 3.05) is 0 Å². The van der Waals surface area contributed by atoms with Crippen molar-refractivity contribution in [2.24, 2.45) is 0 Å². The summed E-state index contributed by atoms with van der Waals surface area (Å²) in [6.45, 7) is 3.99. The first-order valence-corrected chi connectivity index (χ1v) is 5.31. The molecular weight excluding hydrogens is 198 g/mol. The predicted octanol–water partition coefficient (Wildman–Crippen LogP) is 3.50. The molecule has 0 unspecified atom stereocenters. The van der Waals surface area contributed by atoms with Gasteiger partial charge < -0.3 is 4.74 Å². The van der Waals surface area contributed by atoms with Gasteiger partial charge in [0.05, 0.1) is 17.7 Å². The third kappa shape index (κ3) is 1.85. The van der Waals surface area contributed by atoms with Crippen LogP contribution in [0.25, 0.3) is 10.8 Å². The number of rotatable bonds is 2. The second-order valence-corrected chi connectivity index (χ2v) is 3.94. The molecule has 2 aromatic rings. The molecule has 0 aliphatic rings. The second kappa shape index (κ2) is 4.24. The predicted molar refractivity (Wildman–Crippen MR) is 64.4 cm³/mol. The molecule has 0 bridgehead atoms. The van der Waals surface area contributed by atoms with E-state index < -0.39 is 0 Å². The van der Waals surface area contributed by atoms with Crippen LogP contribution in [0.3, 0.4) is 0 Å². The third-order valence-electron chi connectivity index (χ3n) is 2.37. The fraction of sp³-hybridized carbons (Fsp3) is 0.214. The highest BCUT2D eigenvalue weighted by Gasteiger charge is 2.06. The first-order chi connectivity index (χ1) is 7.72. The Labute approximate surface area is 95.1 Å². The van der Waals surface area contributed by atoms with Gasteiger partial charge in [-0.3, -0.25) is 0 Å². The molecule has 2 aromatic carbocycles. The second-order valence-electron chi connectivity index (χ2n) is 3.94. The van der Waals surface area contributed by atoms with Crippen LogP contribution in [0.5, 0.6) is 5.75 Å². The summed E-state index contributed by atoms with van der Waals surface area (Å²) in [5, 5.41) is 11.0. The molecule has 0 aliphatic carbocycles. The van der Waals surface area contributed by atoms with E-state index in [9.17, 15) is 0 Å². The number of ether oxygens (including phenoxy) is 1. The van der Waals surface area contributed by atoms with Gasteiger partial charge in [-0.05, 0) is 26.0 Å². The maximum atomic E-state index is 9.02. The smallest absolute Gasteiger partial charge is 0.127 e. The zero-order chi connectivity index (χ0) is 11.5. The summed E-state index contributed by atoms with van der Waals surface area (Å²) < 4.78 is 5.72. The van der Waals surface area contributed by atoms with Crippen molar-refractivity contribution in [1.29, 1.82) is 5.26 Å². The molecule has 2 nitrogen and oxygen atoms in total. The highest BCUT2D eigenvalue weighted by atomic mass is 16.5. The lowest BCUT2D eigenvalue weighted by Gasteiger charge is -2.12.